The van der Waals surface area contributed by atoms with Gasteiger partial charge in [-0.2, -0.15) is 5.10 Å². The topological polar surface area (TPSA) is 87.3 Å². The van der Waals surface area contributed by atoms with Gasteiger partial charge in [0.1, 0.15) is 5.60 Å². The number of carbonyl (C=O) groups excluding carboxylic acids is 2. The summed E-state index contributed by atoms with van der Waals surface area (Å²) in [6.07, 6.45) is 3.44. The highest BCUT2D eigenvalue weighted by Crippen LogP contribution is 2.22. The molecule has 2 heterocycles. The first kappa shape index (κ1) is 18.3. The number of carbonyl (C=O) groups is 2. The van der Waals surface area contributed by atoms with Gasteiger partial charge in [-0.3, -0.25) is 9.89 Å². The van der Waals surface area contributed by atoms with Crippen molar-refractivity contribution in [2.24, 2.45) is 0 Å². The van der Waals surface area contributed by atoms with E-state index in [4.69, 9.17) is 4.74 Å². The van der Waals surface area contributed by atoms with E-state index in [1.807, 2.05) is 20.8 Å². The molecule has 0 spiro atoms. The lowest BCUT2D eigenvalue weighted by molar-refractivity contribution is 0.0222. The number of H-pyrrole nitrogens is 1. The van der Waals surface area contributed by atoms with Crippen LogP contribution in [0.1, 0.15) is 68.7 Å². The van der Waals surface area contributed by atoms with Gasteiger partial charge in [0.25, 0.3) is 5.91 Å². The highest BCUT2D eigenvalue weighted by molar-refractivity contribution is 5.94. The van der Waals surface area contributed by atoms with Gasteiger partial charge < -0.3 is 15.0 Å². The van der Waals surface area contributed by atoms with Crippen LogP contribution in [0, 0.1) is 0 Å². The Hall–Kier alpha value is -2.05. The lowest BCUT2D eigenvalue weighted by atomic mass is 10.1. The summed E-state index contributed by atoms with van der Waals surface area (Å²) in [4.78, 5) is 26.2. The maximum Gasteiger partial charge on any atom is 0.410 e. The van der Waals surface area contributed by atoms with E-state index in [0.717, 1.165) is 30.5 Å². The van der Waals surface area contributed by atoms with Crippen LogP contribution < -0.4 is 5.32 Å². The number of hydrogen-bond donors (Lipinski definition) is 2. The predicted octanol–water partition coefficient (Wildman–Crippen LogP) is 2.62. The zero-order valence-corrected chi connectivity index (χ0v) is 15.1. The van der Waals surface area contributed by atoms with Crippen molar-refractivity contribution in [1.29, 1.82) is 0 Å². The van der Waals surface area contributed by atoms with E-state index in [2.05, 4.69) is 22.4 Å². The van der Waals surface area contributed by atoms with Crippen molar-refractivity contribution in [2.45, 2.75) is 65.5 Å². The Morgan fingerprint density at radius 1 is 1.33 bits per heavy atom. The Kier molecular flexibility index (Phi) is 5.85. The average Bonchev–Trinajstić information content (AvgIpc) is 2.92. The maximum absolute atomic E-state index is 12.3. The zero-order valence-electron chi connectivity index (χ0n) is 15.1. The number of aromatic nitrogens is 2. The van der Waals surface area contributed by atoms with Crippen LogP contribution in [0.4, 0.5) is 4.79 Å². The molecule has 2 N–H and O–H groups in total. The lowest BCUT2D eigenvalue weighted by Gasteiger charge is -2.30. The summed E-state index contributed by atoms with van der Waals surface area (Å²) in [6.45, 7) is 9.19. The Balaban J connectivity index is 2.01. The quantitative estimate of drug-likeness (QED) is 0.809. The van der Waals surface area contributed by atoms with Gasteiger partial charge in [-0.25, -0.2) is 4.79 Å². The van der Waals surface area contributed by atoms with Crippen molar-refractivity contribution in [3.63, 3.8) is 0 Å². The van der Waals surface area contributed by atoms with Gasteiger partial charge >= 0.3 is 6.09 Å². The third-order valence-electron chi connectivity index (χ3n) is 3.87. The second-order valence-electron chi connectivity index (χ2n) is 7.14. The Morgan fingerprint density at radius 2 is 2.08 bits per heavy atom. The summed E-state index contributed by atoms with van der Waals surface area (Å²) in [5, 5.41) is 9.97. The molecule has 0 aromatic carbocycles. The fourth-order valence-corrected chi connectivity index (χ4v) is 2.63. The van der Waals surface area contributed by atoms with Gasteiger partial charge in [0.15, 0.2) is 5.69 Å². The fourth-order valence-electron chi connectivity index (χ4n) is 2.63. The number of fused-ring (bicyclic) bond motifs is 1. The smallest absolute Gasteiger partial charge is 0.410 e. The summed E-state index contributed by atoms with van der Waals surface area (Å²) < 4.78 is 5.42. The minimum atomic E-state index is -0.534. The minimum Gasteiger partial charge on any atom is -0.444 e. The maximum atomic E-state index is 12.3. The zero-order chi connectivity index (χ0) is 17.7. The lowest BCUT2D eigenvalue weighted by Crippen LogP contribution is -2.40. The summed E-state index contributed by atoms with van der Waals surface area (Å²) >= 11 is 0. The molecule has 0 bridgehead atoms. The van der Waals surface area contributed by atoms with Crippen LogP contribution in [0.5, 0.6) is 0 Å². The van der Waals surface area contributed by atoms with Crippen molar-refractivity contribution in [3.05, 3.63) is 17.0 Å². The number of rotatable bonds is 5. The monoisotopic (exact) mass is 336 g/mol. The molecule has 0 saturated heterocycles. The first-order chi connectivity index (χ1) is 11.3. The molecule has 2 rings (SSSR count). The molecule has 0 radical (unpaired) electrons. The highest BCUT2D eigenvalue weighted by Gasteiger charge is 2.30. The van der Waals surface area contributed by atoms with E-state index in [-0.39, 0.29) is 12.0 Å². The number of nitrogens with one attached hydrogen (secondary N) is 2. The van der Waals surface area contributed by atoms with Gasteiger partial charge in [-0.1, -0.05) is 19.8 Å². The van der Waals surface area contributed by atoms with Crippen molar-refractivity contribution in [1.82, 2.24) is 20.4 Å². The third kappa shape index (κ3) is 4.72. The van der Waals surface area contributed by atoms with Crippen molar-refractivity contribution >= 4 is 12.0 Å². The molecule has 0 atom stereocenters. The molecule has 24 heavy (non-hydrogen) atoms. The number of unbranched alkanes of at least 4 members (excludes halogenated alkanes) is 2. The molecule has 0 saturated carbocycles. The summed E-state index contributed by atoms with van der Waals surface area (Å²) in [6, 6.07) is 0. The van der Waals surface area contributed by atoms with Gasteiger partial charge in [-0.15, -0.1) is 0 Å². The fraction of sp³-hybridized carbons (Fsp3) is 0.706. The summed E-state index contributed by atoms with van der Waals surface area (Å²) in [5.74, 6) is -0.186. The highest BCUT2D eigenvalue weighted by atomic mass is 16.6. The Labute approximate surface area is 143 Å². The molecule has 1 aliphatic heterocycles. The van der Waals surface area contributed by atoms with Crippen LogP contribution in [0.3, 0.4) is 0 Å². The van der Waals surface area contributed by atoms with Gasteiger partial charge in [0, 0.05) is 30.8 Å². The normalized spacial score (nSPS) is 14.2. The van der Waals surface area contributed by atoms with Crippen LogP contribution in [0.25, 0.3) is 0 Å². The molecule has 0 aliphatic carbocycles. The third-order valence-corrected chi connectivity index (χ3v) is 3.87. The van der Waals surface area contributed by atoms with Crippen molar-refractivity contribution in [3.8, 4) is 0 Å². The molecule has 1 aromatic heterocycles. The largest absolute Gasteiger partial charge is 0.444 e. The van der Waals surface area contributed by atoms with Gasteiger partial charge in [-0.05, 0) is 27.2 Å². The van der Waals surface area contributed by atoms with E-state index >= 15 is 0 Å². The molecule has 0 fully saturated rings. The number of ether oxygens (including phenoxy) is 1. The molecular formula is C17H28N4O3. The Bertz CT molecular complexity index is 589. The number of hydrogen-bond acceptors (Lipinski definition) is 4. The second kappa shape index (κ2) is 7.68. The average molecular weight is 336 g/mol. The van der Waals surface area contributed by atoms with Crippen LogP contribution in [0.2, 0.25) is 0 Å². The van der Waals surface area contributed by atoms with E-state index < -0.39 is 5.60 Å². The van der Waals surface area contributed by atoms with Crippen molar-refractivity contribution < 1.29 is 14.3 Å². The molecule has 2 amide bonds. The number of amides is 2. The van der Waals surface area contributed by atoms with Crippen LogP contribution in [0.15, 0.2) is 0 Å². The SMILES string of the molecule is CCCCCNC(=O)c1n[nH]c2c1CN(C(=O)OC(C)(C)C)CC2. The molecule has 134 valence electrons. The van der Waals surface area contributed by atoms with E-state index in [1.54, 1.807) is 4.90 Å². The van der Waals surface area contributed by atoms with Crippen LogP contribution in [-0.4, -0.2) is 45.8 Å². The van der Waals surface area contributed by atoms with Gasteiger partial charge in [0.05, 0.1) is 6.54 Å². The summed E-state index contributed by atoms with van der Waals surface area (Å²) in [7, 11) is 0. The molecule has 7 nitrogen and oxygen atoms in total. The molecule has 0 unspecified atom stereocenters. The van der Waals surface area contributed by atoms with E-state index in [1.165, 1.54) is 0 Å². The Morgan fingerprint density at radius 3 is 2.75 bits per heavy atom. The molecule has 1 aliphatic rings. The number of nitrogens with zero attached hydrogens (tertiary/aromatic N) is 2. The van der Waals surface area contributed by atoms with E-state index in [9.17, 15) is 9.59 Å². The molecular weight excluding hydrogens is 308 g/mol. The van der Waals surface area contributed by atoms with Crippen LogP contribution >= 0.6 is 0 Å². The molecule has 7 heteroatoms. The molecule has 1 aromatic rings. The number of aromatic amines is 1. The van der Waals surface area contributed by atoms with E-state index in [0.29, 0.717) is 31.7 Å². The summed E-state index contributed by atoms with van der Waals surface area (Å²) in [5.41, 5.74) is 1.57. The first-order valence-corrected chi connectivity index (χ1v) is 8.64. The standard InChI is InChI=1S/C17H28N4O3/c1-5-6-7-9-18-15(22)14-12-11-21(10-8-13(12)19-20-14)16(23)24-17(2,3)4/h5-11H2,1-4H3,(H,18,22)(H,19,20). The van der Waals surface area contributed by atoms with Gasteiger partial charge in [0.2, 0.25) is 0 Å². The first-order valence-electron chi connectivity index (χ1n) is 8.64. The van der Waals surface area contributed by atoms with Crippen LogP contribution in [-0.2, 0) is 17.7 Å². The predicted molar refractivity (Wildman–Crippen MR) is 90.8 cm³/mol. The van der Waals surface area contributed by atoms with Crippen molar-refractivity contribution in [2.75, 3.05) is 13.1 Å². The second-order valence-corrected chi connectivity index (χ2v) is 7.14. The minimum absolute atomic E-state index is 0.186.